The summed E-state index contributed by atoms with van der Waals surface area (Å²) in [5, 5.41) is 5.88. The van der Waals surface area contributed by atoms with Crippen molar-refractivity contribution in [3.8, 4) is 11.5 Å². The Morgan fingerprint density at radius 1 is 1.18 bits per heavy atom. The maximum Gasteiger partial charge on any atom is 0.563 e. The molecular formula is C25H31BN4O3Si. The molecule has 0 unspecified atom stereocenters. The van der Waals surface area contributed by atoms with Crippen LogP contribution in [0.15, 0.2) is 54.8 Å². The normalized spacial score (nSPS) is 16.0. The number of fused-ring (bicyclic) bond motifs is 2. The lowest BCUT2D eigenvalue weighted by Crippen LogP contribution is -2.34. The summed E-state index contributed by atoms with van der Waals surface area (Å²) in [6, 6.07) is 15.2. The SMILES string of the molecule is C=C1OB(c2ccc3c(c2)c(-c2nc4ccccc4[nH]2)nn3COCC[Si](C)(C)C)OC1(C)C. The van der Waals surface area contributed by atoms with Crippen LogP contribution in [0, 0.1) is 0 Å². The highest BCUT2D eigenvalue weighted by Gasteiger charge is 2.43. The molecule has 9 heteroatoms. The lowest BCUT2D eigenvalue weighted by atomic mass is 9.78. The van der Waals surface area contributed by atoms with Gasteiger partial charge in [-0.3, -0.25) is 0 Å². The Kier molecular flexibility index (Phi) is 5.66. The highest BCUT2D eigenvalue weighted by atomic mass is 28.3. The van der Waals surface area contributed by atoms with Crippen LogP contribution in [0.25, 0.3) is 33.5 Å². The molecule has 0 saturated carbocycles. The van der Waals surface area contributed by atoms with Crippen LogP contribution >= 0.6 is 0 Å². The smallest absolute Gasteiger partial charge is 0.534 e. The number of nitrogens with one attached hydrogen (secondary N) is 1. The quantitative estimate of drug-likeness (QED) is 0.304. The summed E-state index contributed by atoms with van der Waals surface area (Å²) >= 11 is 0. The van der Waals surface area contributed by atoms with Crippen molar-refractivity contribution in [3.05, 3.63) is 54.8 Å². The van der Waals surface area contributed by atoms with E-state index in [0.29, 0.717) is 12.5 Å². The highest BCUT2D eigenvalue weighted by Crippen LogP contribution is 2.31. The van der Waals surface area contributed by atoms with E-state index in [2.05, 4.69) is 37.3 Å². The predicted molar refractivity (Wildman–Crippen MR) is 140 cm³/mol. The summed E-state index contributed by atoms with van der Waals surface area (Å²) in [4.78, 5) is 8.21. The first-order chi connectivity index (χ1) is 16.1. The number of para-hydroxylation sites is 2. The number of aromatic nitrogens is 4. The van der Waals surface area contributed by atoms with Crippen molar-refractivity contribution in [2.75, 3.05) is 6.61 Å². The van der Waals surface area contributed by atoms with E-state index >= 15 is 0 Å². The van der Waals surface area contributed by atoms with E-state index in [1.807, 2.05) is 54.9 Å². The molecule has 0 bridgehead atoms. The van der Waals surface area contributed by atoms with Crippen LogP contribution in [0.1, 0.15) is 13.8 Å². The van der Waals surface area contributed by atoms with Gasteiger partial charge in [0.15, 0.2) is 5.82 Å². The third-order valence-electron chi connectivity index (χ3n) is 6.19. The molecule has 4 aromatic rings. The van der Waals surface area contributed by atoms with Crippen molar-refractivity contribution < 1.29 is 14.0 Å². The van der Waals surface area contributed by atoms with E-state index in [4.69, 9.17) is 24.1 Å². The van der Waals surface area contributed by atoms with Gasteiger partial charge < -0.3 is 19.0 Å². The number of aromatic amines is 1. The summed E-state index contributed by atoms with van der Waals surface area (Å²) in [6.45, 7) is 16.1. The Morgan fingerprint density at radius 3 is 2.68 bits per heavy atom. The van der Waals surface area contributed by atoms with Crippen LogP contribution in [0.3, 0.4) is 0 Å². The third kappa shape index (κ3) is 4.43. The number of imidazole rings is 1. The van der Waals surface area contributed by atoms with Crippen LogP contribution in [0.4, 0.5) is 0 Å². The van der Waals surface area contributed by atoms with E-state index in [1.54, 1.807) is 0 Å². The summed E-state index contributed by atoms with van der Waals surface area (Å²) in [7, 11) is -1.67. The first-order valence-electron chi connectivity index (χ1n) is 11.7. The highest BCUT2D eigenvalue weighted by molar-refractivity contribution is 6.76. The molecule has 176 valence electrons. The lowest BCUT2D eigenvalue weighted by molar-refractivity contribution is 0.0818. The van der Waals surface area contributed by atoms with Crippen molar-refractivity contribution in [3.63, 3.8) is 0 Å². The van der Waals surface area contributed by atoms with Crippen molar-refractivity contribution >= 4 is 42.6 Å². The molecule has 2 aromatic carbocycles. The van der Waals surface area contributed by atoms with Gasteiger partial charge in [0.25, 0.3) is 0 Å². The third-order valence-corrected chi connectivity index (χ3v) is 7.90. The fourth-order valence-corrected chi connectivity index (χ4v) is 4.73. The summed E-state index contributed by atoms with van der Waals surface area (Å²) < 4.78 is 20.0. The zero-order valence-corrected chi connectivity index (χ0v) is 21.5. The Morgan fingerprint density at radius 2 is 1.97 bits per heavy atom. The molecule has 0 spiro atoms. The molecule has 0 radical (unpaired) electrons. The van der Waals surface area contributed by atoms with Crippen LogP contribution in [0.2, 0.25) is 25.7 Å². The molecule has 5 rings (SSSR count). The van der Waals surface area contributed by atoms with Gasteiger partial charge in [-0.05, 0) is 49.6 Å². The second-order valence-corrected chi connectivity index (χ2v) is 16.2. The first kappa shape index (κ1) is 22.9. The van der Waals surface area contributed by atoms with Crippen LogP contribution < -0.4 is 5.46 Å². The molecule has 2 aromatic heterocycles. The van der Waals surface area contributed by atoms with Gasteiger partial charge in [0.05, 0.1) is 22.3 Å². The average Bonchev–Trinajstić information content (AvgIpc) is 3.43. The number of hydrogen-bond donors (Lipinski definition) is 1. The van der Waals surface area contributed by atoms with Crippen molar-refractivity contribution in [2.45, 2.75) is 51.9 Å². The van der Waals surface area contributed by atoms with Crippen molar-refractivity contribution in [2.24, 2.45) is 0 Å². The minimum absolute atomic E-state index is 0.390. The first-order valence-corrected chi connectivity index (χ1v) is 15.4. The zero-order valence-electron chi connectivity index (χ0n) is 20.5. The van der Waals surface area contributed by atoms with Gasteiger partial charge in [0.2, 0.25) is 0 Å². The maximum absolute atomic E-state index is 6.11. The minimum atomic E-state index is -1.16. The van der Waals surface area contributed by atoms with Gasteiger partial charge in [-0.25, -0.2) is 9.67 Å². The number of rotatable bonds is 7. The molecule has 1 fully saturated rings. The van der Waals surface area contributed by atoms with Gasteiger partial charge in [-0.1, -0.05) is 44.4 Å². The van der Waals surface area contributed by atoms with E-state index in [-0.39, 0.29) is 0 Å². The summed E-state index contributed by atoms with van der Waals surface area (Å²) in [6.07, 6.45) is 0. The van der Waals surface area contributed by atoms with Crippen LogP contribution in [-0.2, 0) is 20.8 Å². The molecule has 0 aliphatic carbocycles. The van der Waals surface area contributed by atoms with Gasteiger partial charge >= 0.3 is 7.12 Å². The number of H-pyrrole nitrogens is 1. The molecule has 1 aliphatic heterocycles. The van der Waals surface area contributed by atoms with Gasteiger partial charge in [-0.15, -0.1) is 0 Å². The monoisotopic (exact) mass is 474 g/mol. The Hall–Kier alpha value is -2.88. The van der Waals surface area contributed by atoms with Gasteiger partial charge in [-0.2, -0.15) is 5.10 Å². The number of nitrogens with zero attached hydrogens (tertiary/aromatic N) is 3. The van der Waals surface area contributed by atoms with Gasteiger partial charge in [0, 0.05) is 20.1 Å². The molecule has 34 heavy (non-hydrogen) atoms. The fourth-order valence-electron chi connectivity index (χ4n) is 3.98. The number of ether oxygens (including phenoxy) is 1. The van der Waals surface area contributed by atoms with Crippen LogP contribution in [-0.4, -0.2) is 47.1 Å². The fraction of sp³-hybridized carbons (Fsp3) is 0.360. The number of hydrogen-bond acceptors (Lipinski definition) is 5. The average molecular weight is 474 g/mol. The largest absolute Gasteiger partial charge is 0.563 e. The summed E-state index contributed by atoms with van der Waals surface area (Å²) in [5.74, 6) is 1.35. The summed E-state index contributed by atoms with van der Waals surface area (Å²) in [5.41, 5.74) is 4.01. The maximum atomic E-state index is 6.11. The van der Waals surface area contributed by atoms with E-state index in [0.717, 1.165) is 51.6 Å². The molecule has 3 heterocycles. The van der Waals surface area contributed by atoms with Crippen molar-refractivity contribution in [1.29, 1.82) is 0 Å². The van der Waals surface area contributed by atoms with Crippen LogP contribution in [0.5, 0.6) is 0 Å². The van der Waals surface area contributed by atoms with E-state index in [1.165, 1.54) is 0 Å². The minimum Gasteiger partial charge on any atom is -0.534 e. The molecule has 0 amide bonds. The topological polar surface area (TPSA) is 74.2 Å². The predicted octanol–water partition coefficient (Wildman–Crippen LogP) is 4.93. The lowest BCUT2D eigenvalue weighted by Gasteiger charge is -2.15. The Balaban J connectivity index is 1.53. The molecule has 0 atom stereocenters. The molecular weight excluding hydrogens is 443 g/mol. The second kappa shape index (κ2) is 8.41. The molecule has 1 saturated heterocycles. The molecule has 7 nitrogen and oxygen atoms in total. The van der Waals surface area contributed by atoms with Crippen molar-refractivity contribution in [1.82, 2.24) is 19.7 Å². The van der Waals surface area contributed by atoms with Gasteiger partial charge in [0.1, 0.15) is 18.0 Å². The second-order valence-electron chi connectivity index (χ2n) is 10.6. The zero-order chi connectivity index (χ0) is 24.1. The van der Waals surface area contributed by atoms with E-state index < -0.39 is 20.8 Å². The Labute approximate surface area is 201 Å². The molecule has 1 N–H and O–H groups in total. The number of benzene rings is 2. The Bertz CT molecular complexity index is 1340. The van der Waals surface area contributed by atoms with E-state index in [9.17, 15) is 0 Å². The molecule has 1 aliphatic rings. The standard InChI is InChI=1S/C25H31BN4O3Si/c1-17-25(2,3)33-26(32-17)18-11-12-22-19(15-18)23(24-27-20-9-7-8-10-21(20)28-24)29-30(22)16-31-13-14-34(4,5)6/h7-12,15H,1,13-14,16H2,2-6H3,(H,27,28).